The van der Waals surface area contributed by atoms with Crippen LogP contribution in [-0.2, 0) is 22.4 Å². The zero-order valence-corrected chi connectivity index (χ0v) is 17.9. The fraction of sp³-hybridized carbons (Fsp3) is 0.261. The van der Waals surface area contributed by atoms with Crippen LogP contribution in [0.2, 0.25) is 5.02 Å². The first-order valence-electron chi connectivity index (χ1n) is 10.1. The van der Waals surface area contributed by atoms with Gasteiger partial charge in [-0.3, -0.25) is 19.8 Å². The van der Waals surface area contributed by atoms with E-state index in [1.54, 1.807) is 30.3 Å². The maximum atomic E-state index is 13.2. The number of halogens is 1. The van der Waals surface area contributed by atoms with Crippen LogP contribution in [0.15, 0.2) is 42.0 Å². The molecule has 1 N–H and O–H groups in total. The summed E-state index contributed by atoms with van der Waals surface area (Å²) in [5.41, 5.74) is 5.44. The third kappa shape index (κ3) is 3.30. The maximum absolute atomic E-state index is 13.2. The van der Waals surface area contributed by atoms with Crippen molar-refractivity contribution >= 4 is 58.2 Å². The van der Waals surface area contributed by atoms with Crippen LogP contribution in [0.3, 0.4) is 0 Å². The lowest BCUT2D eigenvalue weighted by molar-refractivity contribution is -0.122. The fourth-order valence-electron chi connectivity index (χ4n) is 4.59. The second kappa shape index (κ2) is 7.52. The molecule has 0 atom stereocenters. The Morgan fingerprint density at radius 3 is 2.40 bits per heavy atom. The fourth-order valence-corrected chi connectivity index (χ4v) is 5.05. The first kappa shape index (κ1) is 19.3. The van der Waals surface area contributed by atoms with Crippen LogP contribution in [0.5, 0.6) is 0 Å². The van der Waals surface area contributed by atoms with Crippen LogP contribution in [0.25, 0.3) is 6.08 Å². The Balaban J connectivity index is 1.55. The van der Waals surface area contributed by atoms with Crippen molar-refractivity contribution in [1.82, 2.24) is 5.32 Å². The van der Waals surface area contributed by atoms with Crippen molar-refractivity contribution in [1.29, 1.82) is 0 Å². The van der Waals surface area contributed by atoms with Crippen LogP contribution >= 0.6 is 23.8 Å². The molecule has 0 spiro atoms. The molecule has 1 fully saturated rings. The van der Waals surface area contributed by atoms with Crippen LogP contribution in [0, 0.1) is 0 Å². The van der Waals surface area contributed by atoms with Gasteiger partial charge in [0.1, 0.15) is 5.57 Å². The van der Waals surface area contributed by atoms with Gasteiger partial charge >= 0.3 is 0 Å². The Morgan fingerprint density at radius 1 is 1.03 bits per heavy atom. The van der Waals surface area contributed by atoms with Gasteiger partial charge in [-0.15, -0.1) is 0 Å². The summed E-state index contributed by atoms with van der Waals surface area (Å²) in [4.78, 5) is 29.6. The van der Waals surface area contributed by atoms with Gasteiger partial charge in [0.15, 0.2) is 5.11 Å². The number of nitrogens with zero attached hydrogens (tertiary/aromatic N) is 2. The summed E-state index contributed by atoms with van der Waals surface area (Å²) in [7, 11) is 0. The van der Waals surface area contributed by atoms with E-state index in [1.807, 2.05) is 0 Å². The van der Waals surface area contributed by atoms with E-state index < -0.39 is 11.8 Å². The number of anilines is 2. The molecule has 0 unspecified atom stereocenters. The number of hydrogen-bond acceptors (Lipinski definition) is 4. The molecular weight excluding hydrogens is 418 g/mol. The molecule has 3 aliphatic heterocycles. The molecule has 2 amide bonds. The summed E-state index contributed by atoms with van der Waals surface area (Å²) in [6.45, 7) is 2.21. The molecule has 0 aliphatic carbocycles. The minimum atomic E-state index is -0.476. The third-order valence-electron chi connectivity index (χ3n) is 5.83. The van der Waals surface area contributed by atoms with Crippen molar-refractivity contribution in [2.45, 2.75) is 25.7 Å². The molecule has 7 heteroatoms. The Kier molecular flexibility index (Phi) is 4.83. The van der Waals surface area contributed by atoms with Gasteiger partial charge < -0.3 is 4.90 Å². The number of benzene rings is 2. The lowest BCUT2D eigenvalue weighted by atomic mass is 9.89. The summed E-state index contributed by atoms with van der Waals surface area (Å²) < 4.78 is 0. The Hall–Kier alpha value is -2.70. The molecule has 0 aromatic heterocycles. The number of nitrogens with one attached hydrogen (secondary N) is 1. The quantitative estimate of drug-likeness (QED) is 0.440. The minimum Gasteiger partial charge on any atom is -0.371 e. The van der Waals surface area contributed by atoms with Gasteiger partial charge in [-0.05, 0) is 91.0 Å². The highest BCUT2D eigenvalue weighted by molar-refractivity contribution is 7.80. The van der Waals surface area contributed by atoms with Crippen LogP contribution in [-0.4, -0.2) is 30.0 Å². The van der Waals surface area contributed by atoms with E-state index in [1.165, 1.54) is 21.7 Å². The summed E-state index contributed by atoms with van der Waals surface area (Å²) in [6.07, 6.45) is 5.98. The zero-order chi connectivity index (χ0) is 20.8. The molecule has 0 bridgehead atoms. The van der Waals surface area contributed by atoms with Gasteiger partial charge in [-0.25, -0.2) is 0 Å². The van der Waals surface area contributed by atoms with E-state index in [0.717, 1.165) is 44.3 Å². The molecule has 3 aliphatic rings. The molecule has 152 valence electrons. The van der Waals surface area contributed by atoms with E-state index in [-0.39, 0.29) is 10.7 Å². The molecule has 0 radical (unpaired) electrons. The van der Waals surface area contributed by atoms with E-state index in [4.69, 9.17) is 23.8 Å². The number of hydrogen-bond donors (Lipinski definition) is 1. The number of amides is 2. The first-order valence-corrected chi connectivity index (χ1v) is 10.9. The monoisotopic (exact) mass is 437 g/mol. The van der Waals surface area contributed by atoms with E-state index in [0.29, 0.717) is 10.7 Å². The lowest BCUT2D eigenvalue weighted by Crippen LogP contribution is -2.54. The lowest BCUT2D eigenvalue weighted by Gasteiger charge is -2.37. The number of carbonyl (C=O) groups excluding carboxylic acids is 2. The predicted octanol–water partition coefficient (Wildman–Crippen LogP) is 3.87. The Morgan fingerprint density at radius 2 is 1.73 bits per heavy atom. The van der Waals surface area contributed by atoms with Crippen LogP contribution in [0.1, 0.15) is 29.5 Å². The summed E-state index contributed by atoms with van der Waals surface area (Å²) in [5, 5.41) is 3.18. The molecule has 0 saturated carbocycles. The van der Waals surface area contributed by atoms with Crippen molar-refractivity contribution in [2.75, 3.05) is 22.9 Å². The smallest absolute Gasteiger partial charge is 0.270 e. The van der Waals surface area contributed by atoms with Gasteiger partial charge in [-0.2, -0.15) is 0 Å². The van der Waals surface area contributed by atoms with Crippen LogP contribution in [0.4, 0.5) is 11.4 Å². The first-order chi connectivity index (χ1) is 14.5. The Bertz CT molecular complexity index is 1100. The maximum Gasteiger partial charge on any atom is 0.270 e. The largest absolute Gasteiger partial charge is 0.371 e. The van der Waals surface area contributed by atoms with Gasteiger partial charge in [0.05, 0.1) is 5.69 Å². The molecule has 2 aromatic rings. The third-order valence-corrected chi connectivity index (χ3v) is 6.35. The molecular formula is C23H20ClN3O2S. The Labute approximate surface area is 185 Å². The van der Waals surface area contributed by atoms with Gasteiger partial charge in [0.2, 0.25) is 0 Å². The van der Waals surface area contributed by atoms with Crippen molar-refractivity contribution in [2.24, 2.45) is 0 Å². The topological polar surface area (TPSA) is 52.7 Å². The average Bonchev–Trinajstić information content (AvgIpc) is 2.71. The number of thiocarbonyl (C=S) groups is 1. The summed E-state index contributed by atoms with van der Waals surface area (Å²) in [6, 6.07) is 11.1. The molecule has 5 rings (SSSR count). The molecule has 2 aromatic carbocycles. The van der Waals surface area contributed by atoms with Crippen molar-refractivity contribution in [3.8, 4) is 0 Å². The SMILES string of the molecule is O=C1NC(=S)N(c2cccc(Cl)c2)C(=O)/C1=C/c1cc2c3c(c1)CCCN3CCC2. The average molecular weight is 438 g/mol. The number of aryl methyl sites for hydroxylation is 2. The van der Waals surface area contributed by atoms with Gasteiger partial charge in [0.25, 0.3) is 11.8 Å². The summed E-state index contributed by atoms with van der Waals surface area (Å²) in [5.74, 6) is -0.921. The minimum absolute atomic E-state index is 0.0561. The van der Waals surface area contributed by atoms with Crippen molar-refractivity contribution in [3.05, 3.63) is 63.7 Å². The highest BCUT2D eigenvalue weighted by Gasteiger charge is 2.35. The molecule has 30 heavy (non-hydrogen) atoms. The second-order valence-corrected chi connectivity index (χ2v) is 8.64. The number of rotatable bonds is 2. The number of carbonyl (C=O) groups is 2. The highest BCUT2D eigenvalue weighted by atomic mass is 35.5. The zero-order valence-electron chi connectivity index (χ0n) is 16.3. The van der Waals surface area contributed by atoms with E-state index in [9.17, 15) is 9.59 Å². The van der Waals surface area contributed by atoms with Crippen LogP contribution < -0.4 is 15.1 Å². The summed E-state index contributed by atoms with van der Waals surface area (Å²) >= 11 is 11.3. The molecule has 3 heterocycles. The van der Waals surface area contributed by atoms with Crippen molar-refractivity contribution in [3.63, 3.8) is 0 Å². The van der Waals surface area contributed by atoms with Gasteiger partial charge in [0, 0.05) is 23.8 Å². The predicted molar refractivity (Wildman–Crippen MR) is 123 cm³/mol. The molecule has 5 nitrogen and oxygen atoms in total. The highest BCUT2D eigenvalue weighted by Crippen LogP contribution is 2.36. The standard InChI is InChI=1S/C23H20ClN3O2S/c24-17-6-1-7-18(13-17)27-22(29)19(21(28)25-23(27)30)12-14-10-15-4-2-8-26-9-3-5-16(11-14)20(15)26/h1,6-7,10-13H,2-5,8-9H2,(H,25,28,30)/b19-12+. The van der Waals surface area contributed by atoms with Crippen molar-refractivity contribution < 1.29 is 9.59 Å². The normalized spacial score (nSPS) is 19.8. The van der Waals surface area contributed by atoms with E-state index >= 15 is 0 Å². The second-order valence-electron chi connectivity index (χ2n) is 7.82. The van der Waals surface area contributed by atoms with E-state index in [2.05, 4.69) is 22.3 Å². The van der Waals surface area contributed by atoms with Gasteiger partial charge in [-0.1, -0.05) is 17.7 Å². The molecule has 1 saturated heterocycles.